The minimum atomic E-state index is -1.19. The van der Waals surface area contributed by atoms with E-state index in [1.807, 2.05) is 13.0 Å². The van der Waals surface area contributed by atoms with Crippen LogP contribution in [0.5, 0.6) is 0 Å². The Kier molecular flexibility index (Phi) is 5.85. The summed E-state index contributed by atoms with van der Waals surface area (Å²) in [7, 11) is 0. The molecule has 2 rings (SSSR count). The average Bonchev–Trinajstić information content (AvgIpc) is 2.56. The second kappa shape index (κ2) is 7.88. The maximum atomic E-state index is 13.6. The minimum absolute atomic E-state index is 0.0193. The van der Waals surface area contributed by atoms with Gasteiger partial charge < -0.3 is 10.4 Å². The summed E-state index contributed by atoms with van der Waals surface area (Å²) in [5.41, 5.74) is 2.28. The summed E-state index contributed by atoms with van der Waals surface area (Å²) in [5, 5.41) is 11.9. The Labute approximate surface area is 144 Å². The maximum absolute atomic E-state index is 13.6. The molecule has 0 aliphatic rings. The Morgan fingerprint density at radius 3 is 2.48 bits per heavy atom. The number of carboxylic acid groups (broad SMARTS) is 1. The van der Waals surface area contributed by atoms with Gasteiger partial charge in [0, 0.05) is 6.42 Å². The number of hydrogen-bond acceptors (Lipinski definition) is 2. The number of halogens is 2. The summed E-state index contributed by atoms with van der Waals surface area (Å²) in [6.45, 7) is 3.64. The molecule has 6 heteroatoms. The molecule has 1 unspecified atom stereocenters. The van der Waals surface area contributed by atoms with Gasteiger partial charge in [0.1, 0.15) is 0 Å². The van der Waals surface area contributed by atoms with Crippen LogP contribution in [0.3, 0.4) is 0 Å². The van der Waals surface area contributed by atoms with E-state index in [2.05, 4.69) is 5.32 Å². The van der Waals surface area contributed by atoms with Crippen LogP contribution in [-0.4, -0.2) is 17.0 Å². The van der Waals surface area contributed by atoms with Crippen LogP contribution in [0.25, 0.3) is 0 Å². The van der Waals surface area contributed by atoms with Crippen molar-refractivity contribution in [3.63, 3.8) is 0 Å². The summed E-state index contributed by atoms with van der Waals surface area (Å²) in [6.07, 6.45) is -0.163. The Bertz CT molecular complexity index is 805. The van der Waals surface area contributed by atoms with E-state index in [0.29, 0.717) is 5.56 Å². The number of aliphatic carboxylic acids is 1. The molecule has 0 radical (unpaired) electrons. The zero-order valence-corrected chi connectivity index (χ0v) is 14.0. The molecule has 4 nitrogen and oxygen atoms in total. The number of benzene rings is 2. The highest BCUT2D eigenvalue weighted by Crippen LogP contribution is 2.21. The summed E-state index contributed by atoms with van der Waals surface area (Å²) < 4.78 is 26.8. The van der Waals surface area contributed by atoms with Crippen LogP contribution in [-0.2, 0) is 16.0 Å². The summed E-state index contributed by atoms with van der Waals surface area (Å²) in [5.74, 6) is -3.69. The summed E-state index contributed by atoms with van der Waals surface area (Å²) in [4.78, 5) is 23.7. The number of carbonyl (C=O) groups excluding carboxylic acids is 1. The zero-order chi connectivity index (χ0) is 18.6. The van der Waals surface area contributed by atoms with E-state index in [4.69, 9.17) is 0 Å². The molecular weight excluding hydrogens is 328 g/mol. The molecule has 0 bridgehead atoms. The SMILES string of the molecule is Cc1cccc(C(NC(=O)CCc2cccc(F)c2F)C(=O)O)c1C. The van der Waals surface area contributed by atoms with Crippen molar-refractivity contribution in [2.75, 3.05) is 0 Å². The van der Waals surface area contributed by atoms with Crippen molar-refractivity contribution in [3.05, 3.63) is 70.3 Å². The van der Waals surface area contributed by atoms with Gasteiger partial charge in [-0.3, -0.25) is 4.79 Å². The maximum Gasteiger partial charge on any atom is 0.330 e. The molecule has 0 saturated carbocycles. The predicted octanol–water partition coefficient (Wildman–Crippen LogP) is 3.46. The van der Waals surface area contributed by atoms with Crippen LogP contribution in [0.2, 0.25) is 0 Å². The second-order valence-electron chi connectivity index (χ2n) is 5.84. The van der Waals surface area contributed by atoms with Gasteiger partial charge in [0.25, 0.3) is 0 Å². The monoisotopic (exact) mass is 347 g/mol. The third kappa shape index (κ3) is 4.41. The van der Waals surface area contributed by atoms with E-state index in [1.165, 1.54) is 12.1 Å². The summed E-state index contributed by atoms with van der Waals surface area (Å²) in [6, 6.07) is 7.79. The van der Waals surface area contributed by atoms with Crippen molar-refractivity contribution in [2.24, 2.45) is 0 Å². The van der Waals surface area contributed by atoms with Crippen LogP contribution in [0.1, 0.15) is 34.7 Å². The van der Waals surface area contributed by atoms with E-state index in [-0.39, 0.29) is 18.4 Å². The highest BCUT2D eigenvalue weighted by atomic mass is 19.2. The molecule has 25 heavy (non-hydrogen) atoms. The fourth-order valence-electron chi connectivity index (χ4n) is 2.58. The number of carboxylic acids is 1. The zero-order valence-electron chi connectivity index (χ0n) is 14.0. The van der Waals surface area contributed by atoms with Gasteiger partial charge in [-0.25, -0.2) is 13.6 Å². The molecule has 0 aromatic heterocycles. The molecule has 0 aliphatic carbocycles. The Balaban J connectivity index is 2.09. The van der Waals surface area contributed by atoms with Crippen LogP contribution in [0, 0.1) is 25.5 Å². The first-order chi connectivity index (χ1) is 11.8. The molecule has 0 spiro atoms. The largest absolute Gasteiger partial charge is 0.479 e. The highest BCUT2D eigenvalue weighted by Gasteiger charge is 2.24. The minimum Gasteiger partial charge on any atom is -0.479 e. The van der Waals surface area contributed by atoms with Gasteiger partial charge in [0.2, 0.25) is 5.91 Å². The topological polar surface area (TPSA) is 66.4 Å². The number of aryl methyl sites for hydroxylation is 2. The molecule has 2 N–H and O–H groups in total. The van der Waals surface area contributed by atoms with Gasteiger partial charge in [0.05, 0.1) is 0 Å². The lowest BCUT2D eigenvalue weighted by molar-refractivity contribution is -0.142. The molecule has 0 aliphatic heterocycles. The van der Waals surface area contributed by atoms with E-state index < -0.39 is 29.6 Å². The molecule has 0 heterocycles. The normalized spacial score (nSPS) is 11.8. The Hall–Kier alpha value is -2.76. The van der Waals surface area contributed by atoms with E-state index in [0.717, 1.165) is 17.2 Å². The van der Waals surface area contributed by atoms with Crippen molar-refractivity contribution in [2.45, 2.75) is 32.7 Å². The lowest BCUT2D eigenvalue weighted by Gasteiger charge is -2.18. The average molecular weight is 347 g/mol. The van der Waals surface area contributed by atoms with Gasteiger partial charge >= 0.3 is 5.97 Å². The molecule has 2 aromatic carbocycles. The Morgan fingerprint density at radius 2 is 1.80 bits per heavy atom. The van der Waals surface area contributed by atoms with Gasteiger partial charge in [-0.15, -0.1) is 0 Å². The fraction of sp³-hybridized carbons (Fsp3) is 0.263. The quantitative estimate of drug-likeness (QED) is 0.841. The van der Waals surface area contributed by atoms with Gasteiger partial charge in [-0.1, -0.05) is 30.3 Å². The number of amides is 1. The first-order valence-electron chi connectivity index (χ1n) is 7.82. The number of carbonyl (C=O) groups is 2. The predicted molar refractivity (Wildman–Crippen MR) is 89.1 cm³/mol. The van der Waals surface area contributed by atoms with Crippen LogP contribution >= 0.6 is 0 Å². The standard InChI is InChI=1S/C19H19F2NO3/c1-11-5-3-7-14(12(11)2)18(19(24)25)22-16(23)10-9-13-6-4-8-15(20)17(13)21/h3-8,18H,9-10H2,1-2H3,(H,22,23)(H,24,25). The lowest BCUT2D eigenvalue weighted by atomic mass is 9.97. The number of hydrogen-bond donors (Lipinski definition) is 2. The van der Waals surface area contributed by atoms with E-state index >= 15 is 0 Å². The van der Waals surface area contributed by atoms with Gasteiger partial charge in [-0.2, -0.15) is 0 Å². The molecular formula is C19H19F2NO3. The Morgan fingerprint density at radius 1 is 1.12 bits per heavy atom. The van der Waals surface area contributed by atoms with E-state index in [9.17, 15) is 23.5 Å². The van der Waals surface area contributed by atoms with Crippen LogP contribution < -0.4 is 5.32 Å². The molecule has 132 valence electrons. The van der Waals surface area contributed by atoms with Crippen molar-refractivity contribution in [3.8, 4) is 0 Å². The molecule has 0 saturated heterocycles. The first-order valence-corrected chi connectivity index (χ1v) is 7.82. The van der Waals surface area contributed by atoms with Crippen LogP contribution in [0.4, 0.5) is 8.78 Å². The molecule has 1 atom stereocenters. The molecule has 2 aromatic rings. The summed E-state index contributed by atoms with van der Waals surface area (Å²) >= 11 is 0. The van der Waals surface area contributed by atoms with E-state index in [1.54, 1.807) is 19.1 Å². The third-order valence-electron chi connectivity index (χ3n) is 4.16. The van der Waals surface area contributed by atoms with Gasteiger partial charge in [0.15, 0.2) is 17.7 Å². The first kappa shape index (κ1) is 18.6. The second-order valence-corrected chi connectivity index (χ2v) is 5.84. The fourth-order valence-corrected chi connectivity index (χ4v) is 2.58. The molecule has 1 amide bonds. The van der Waals surface area contributed by atoms with Crippen molar-refractivity contribution in [1.29, 1.82) is 0 Å². The van der Waals surface area contributed by atoms with Crippen molar-refractivity contribution < 1.29 is 23.5 Å². The third-order valence-corrected chi connectivity index (χ3v) is 4.16. The highest BCUT2D eigenvalue weighted by molar-refractivity contribution is 5.85. The van der Waals surface area contributed by atoms with Crippen LogP contribution in [0.15, 0.2) is 36.4 Å². The number of rotatable bonds is 6. The van der Waals surface area contributed by atoms with Crippen molar-refractivity contribution in [1.82, 2.24) is 5.32 Å². The molecule has 0 fully saturated rings. The number of nitrogens with one attached hydrogen (secondary N) is 1. The van der Waals surface area contributed by atoms with Gasteiger partial charge in [-0.05, 0) is 48.6 Å². The van der Waals surface area contributed by atoms with Crippen molar-refractivity contribution >= 4 is 11.9 Å². The lowest BCUT2D eigenvalue weighted by Crippen LogP contribution is -2.34. The smallest absolute Gasteiger partial charge is 0.330 e.